The fourth-order valence-corrected chi connectivity index (χ4v) is 9.95. The Balaban J connectivity index is 1.41. The summed E-state index contributed by atoms with van der Waals surface area (Å²) in [6.45, 7) is 5.98. The summed E-state index contributed by atoms with van der Waals surface area (Å²) in [4.78, 5) is 25.1. The molecule has 1 aromatic rings. The fraction of sp³-hybridized carbons (Fsp3) is 0.704. The first-order valence-electron chi connectivity index (χ1n) is 12.9. The predicted octanol–water partition coefficient (Wildman–Crippen LogP) is 4.14. The van der Waals surface area contributed by atoms with Crippen molar-refractivity contribution in [3.8, 4) is 0 Å². The van der Waals surface area contributed by atoms with Gasteiger partial charge in [-0.2, -0.15) is 0 Å². The molecule has 2 N–H and O–H groups in total. The molecule has 0 unspecified atom stereocenters. The lowest BCUT2D eigenvalue weighted by atomic mass is 9.54. The van der Waals surface area contributed by atoms with E-state index in [2.05, 4.69) is 15.9 Å². The highest BCUT2D eigenvalue weighted by Crippen LogP contribution is 2.68. The lowest BCUT2D eigenvalue weighted by Crippen LogP contribution is -2.66. The number of cyclic esters (lactones) is 1. The van der Waals surface area contributed by atoms with Gasteiger partial charge in [0.15, 0.2) is 12.1 Å². The van der Waals surface area contributed by atoms with Crippen molar-refractivity contribution < 1.29 is 34.0 Å². The number of Topliss-reactive ketones (excluding diaryl/α,β-unsaturated/α-hetero) is 1. The van der Waals surface area contributed by atoms with Crippen LogP contribution in [0.2, 0.25) is 0 Å². The Kier molecular flexibility index (Phi) is 6.36. The van der Waals surface area contributed by atoms with E-state index in [9.17, 15) is 19.8 Å². The van der Waals surface area contributed by atoms with E-state index in [0.717, 1.165) is 11.1 Å². The number of aliphatic hydroxyl groups excluding tert-OH is 2. The maximum absolute atomic E-state index is 14.3. The molecular weight excluding hydrogens is 587 g/mol. The lowest BCUT2D eigenvalue weighted by Gasteiger charge is -2.55. The van der Waals surface area contributed by atoms with Crippen molar-refractivity contribution in [1.29, 1.82) is 0 Å². The molecule has 1 saturated carbocycles. The smallest absolute Gasteiger partial charge is 0.309 e. The van der Waals surface area contributed by atoms with Crippen LogP contribution in [-0.2, 0) is 19.0 Å². The first-order valence-corrected chi connectivity index (χ1v) is 14.7. The number of alkyl halides is 3. The van der Waals surface area contributed by atoms with E-state index in [1.165, 1.54) is 0 Å². The monoisotopic (exact) mass is 616 g/mol. The highest BCUT2D eigenvalue weighted by atomic mass is 79.9. The molecule has 0 amide bonds. The molecule has 5 aliphatic rings. The Bertz CT molecular complexity index is 1160. The molecule has 3 heterocycles. The van der Waals surface area contributed by atoms with E-state index in [0.29, 0.717) is 37.0 Å². The Morgan fingerprint density at radius 1 is 1.22 bits per heavy atom. The van der Waals surface area contributed by atoms with E-state index in [-0.39, 0.29) is 40.4 Å². The summed E-state index contributed by atoms with van der Waals surface area (Å²) in [5, 5.41) is 22.2. The molecule has 202 valence electrons. The van der Waals surface area contributed by atoms with E-state index >= 15 is 0 Å². The summed E-state index contributed by atoms with van der Waals surface area (Å²) < 4.78 is 17.5. The van der Waals surface area contributed by atoms with Crippen molar-refractivity contribution in [2.45, 2.75) is 91.7 Å². The van der Waals surface area contributed by atoms with Crippen LogP contribution >= 0.6 is 39.1 Å². The third-order valence-electron chi connectivity index (χ3n) is 9.83. The molecule has 1 spiro atoms. The molecule has 37 heavy (non-hydrogen) atoms. The minimum atomic E-state index is -1.13. The summed E-state index contributed by atoms with van der Waals surface area (Å²) in [7, 11) is 0. The summed E-state index contributed by atoms with van der Waals surface area (Å²) in [5.74, 6) is -1.83. The quantitative estimate of drug-likeness (QED) is 0.387. The zero-order valence-electron chi connectivity index (χ0n) is 20.8. The number of hydrogen-bond donors (Lipinski definition) is 2. The Morgan fingerprint density at radius 2 is 1.95 bits per heavy atom. The molecule has 0 radical (unpaired) electrons. The van der Waals surface area contributed by atoms with Gasteiger partial charge in [0.1, 0.15) is 22.6 Å². The third-order valence-corrected chi connectivity index (χ3v) is 11.4. The lowest BCUT2D eigenvalue weighted by molar-refractivity contribution is -0.303. The van der Waals surface area contributed by atoms with Gasteiger partial charge in [0.05, 0.1) is 18.6 Å². The van der Waals surface area contributed by atoms with Crippen LogP contribution in [0.15, 0.2) is 12.1 Å². The number of rotatable bonds is 4. The average molecular weight is 618 g/mol. The van der Waals surface area contributed by atoms with Gasteiger partial charge in [0, 0.05) is 27.6 Å². The largest absolute Gasteiger partial charge is 0.459 e. The summed E-state index contributed by atoms with van der Waals surface area (Å²) in [6.07, 6.45) is -1.53. The number of carbonyl (C=O) groups excluding carboxylic acids is 2. The van der Waals surface area contributed by atoms with Crippen molar-refractivity contribution in [1.82, 2.24) is 0 Å². The van der Waals surface area contributed by atoms with Crippen LogP contribution in [0.5, 0.6) is 0 Å². The van der Waals surface area contributed by atoms with E-state index in [1.807, 2.05) is 26.0 Å². The van der Waals surface area contributed by atoms with Gasteiger partial charge in [-0.1, -0.05) is 41.9 Å². The molecule has 1 aromatic carbocycles. The Labute approximate surface area is 234 Å². The molecule has 11 atom stereocenters. The molecule has 2 bridgehead atoms. The van der Waals surface area contributed by atoms with Crippen molar-refractivity contribution in [3.05, 3.63) is 34.4 Å². The topological polar surface area (TPSA) is 102 Å². The van der Waals surface area contributed by atoms with Gasteiger partial charge >= 0.3 is 5.97 Å². The molecule has 0 aromatic heterocycles. The van der Waals surface area contributed by atoms with Crippen molar-refractivity contribution in [3.63, 3.8) is 0 Å². The van der Waals surface area contributed by atoms with Gasteiger partial charge < -0.3 is 24.4 Å². The number of carbonyl (C=O) groups is 2. The Morgan fingerprint density at radius 3 is 2.59 bits per heavy atom. The van der Waals surface area contributed by atoms with E-state index in [4.69, 9.17) is 37.4 Å². The fourth-order valence-electron chi connectivity index (χ4n) is 8.12. The maximum Gasteiger partial charge on any atom is 0.309 e. The zero-order chi connectivity index (χ0) is 26.6. The van der Waals surface area contributed by atoms with Gasteiger partial charge in [-0.25, -0.2) is 0 Å². The number of ether oxygens (including phenoxy) is 3. The number of benzene rings is 1. The van der Waals surface area contributed by atoms with Gasteiger partial charge in [-0.05, 0) is 48.8 Å². The normalized spacial score (nSPS) is 43.9. The van der Waals surface area contributed by atoms with Gasteiger partial charge in [-0.15, -0.1) is 23.2 Å². The highest BCUT2D eigenvalue weighted by molar-refractivity contribution is 9.09. The number of esters is 1. The minimum absolute atomic E-state index is 0.0128. The van der Waals surface area contributed by atoms with Crippen LogP contribution in [0.25, 0.3) is 0 Å². The van der Waals surface area contributed by atoms with Crippen LogP contribution in [0.4, 0.5) is 0 Å². The highest BCUT2D eigenvalue weighted by Gasteiger charge is 2.74. The number of halogens is 3. The second-order valence-electron chi connectivity index (χ2n) is 11.7. The van der Waals surface area contributed by atoms with Gasteiger partial charge in [-0.3, -0.25) is 9.59 Å². The van der Waals surface area contributed by atoms with E-state index in [1.54, 1.807) is 6.92 Å². The standard InChI is InChI=1S/C27H31BrCl2O7/c1-10-6-16(36-24(10)33)21(31)19(23(29)30)13-4-5-14-15-7-17(28)27-25(34)35-9-12(37-27)8-26(27,3)20(15)22(32)18(14)11(13)2/h4-5,10,12,15-17,19-21,23,25,31,34H,6-9H2,1-3H3/t10-,12+,15-,16+,17+,19-,20+,21+,25+,26+,27+/m1/s1. The number of ketones is 1. The van der Waals surface area contributed by atoms with Crippen LogP contribution in [0.1, 0.15) is 72.0 Å². The molecule has 4 fully saturated rings. The molecule has 2 aliphatic carbocycles. The number of hydrogen-bond acceptors (Lipinski definition) is 7. The van der Waals surface area contributed by atoms with Crippen LogP contribution < -0.4 is 0 Å². The zero-order valence-corrected chi connectivity index (χ0v) is 23.9. The molecule has 7 nitrogen and oxygen atoms in total. The third kappa shape index (κ3) is 3.45. The summed E-state index contributed by atoms with van der Waals surface area (Å²) in [5.41, 5.74) is 1.34. The summed E-state index contributed by atoms with van der Waals surface area (Å²) in [6, 6.07) is 3.85. The van der Waals surface area contributed by atoms with Crippen molar-refractivity contribution in [2.75, 3.05) is 6.61 Å². The second kappa shape index (κ2) is 8.88. The van der Waals surface area contributed by atoms with Gasteiger partial charge in [0.25, 0.3) is 0 Å². The van der Waals surface area contributed by atoms with Crippen molar-refractivity contribution >= 4 is 50.9 Å². The average Bonchev–Trinajstić information content (AvgIpc) is 3.41. The van der Waals surface area contributed by atoms with Crippen LogP contribution in [-0.4, -0.2) is 68.4 Å². The van der Waals surface area contributed by atoms with Crippen LogP contribution in [0.3, 0.4) is 0 Å². The molecular formula is C27H31BrCl2O7. The molecule has 10 heteroatoms. The van der Waals surface area contributed by atoms with Gasteiger partial charge in [0.2, 0.25) is 0 Å². The second-order valence-corrected chi connectivity index (χ2v) is 14.0. The maximum atomic E-state index is 14.3. The van der Waals surface area contributed by atoms with E-state index < -0.39 is 40.3 Å². The first kappa shape index (κ1) is 26.5. The molecule has 6 rings (SSSR count). The first-order chi connectivity index (χ1) is 17.4. The SMILES string of the molecule is Cc1c([C@@H](C(Cl)Cl)[C@@H](O)[C@@H]2C[C@@H](C)C(=O)O2)ccc2c1C(=O)[C@@H]1[C@@H]2C[C@H](Br)[C@]23O[C@H](CO[C@@H]2O)C[C@@]13C. The number of fused-ring (bicyclic) bond motifs is 5. The molecule has 3 aliphatic heterocycles. The minimum Gasteiger partial charge on any atom is -0.459 e. The molecule has 3 saturated heterocycles. The summed E-state index contributed by atoms with van der Waals surface area (Å²) >= 11 is 16.6. The number of aliphatic hydroxyl groups is 2. The Hall–Kier alpha value is -0.740. The van der Waals surface area contributed by atoms with Crippen molar-refractivity contribution in [2.24, 2.45) is 17.3 Å². The van der Waals surface area contributed by atoms with Crippen LogP contribution in [0, 0.1) is 24.2 Å². The predicted molar refractivity (Wildman–Crippen MR) is 139 cm³/mol.